The molecule has 0 radical (unpaired) electrons. The number of nitrogens with zero attached hydrogens (tertiary/aromatic N) is 1. The number of rotatable bonds is 8. The maximum Gasteiger partial charge on any atom is 0.341 e. The summed E-state index contributed by atoms with van der Waals surface area (Å²) in [7, 11) is 1.63. The summed E-state index contributed by atoms with van der Waals surface area (Å²) < 4.78 is 18.0. The van der Waals surface area contributed by atoms with Crippen LogP contribution in [0.15, 0.2) is 64.1 Å². The maximum atomic E-state index is 12.8. The van der Waals surface area contributed by atoms with Crippen LogP contribution in [0.5, 0.6) is 11.5 Å². The van der Waals surface area contributed by atoms with Gasteiger partial charge in [-0.1, -0.05) is 42.5 Å². The molecule has 0 fully saturated rings. The molecule has 0 bridgehead atoms. The molecule has 0 aliphatic heterocycles. The average Bonchev–Trinajstić information content (AvgIpc) is 3.30. The summed E-state index contributed by atoms with van der Waals surface area (Å²) in [5, 5.41) is 3.05. The SMILES string of the molecule is CCOC(=O)c1c(N=Cc2cc(OC)c(OCc3cccc4ccccc34)cc2Br)sc2c1CCCC2. The summed E-state index contributed by atoms with van der Waals surface area (Å²) >= 11 is 5.26. The first-order valence-corrected chi connectivity index (χ1v) is 14.0. The second-order valence-corrected chi connectivity index (χ2v) is 10.8. The largest absolute Gasteiger partial charge is 0.493 e. The highest BCUT2D eigenvalue weighted by atomic mass is 79.9. The molecule has 3 aromatic carbocycles. The number of hydrogen-bond acceptors (Lipinski definition) is 6. The predicted molar refractivity (Wildman–Crippen MR) is 153 cm³/mol. The molecular weight excluding hydrogens is 550 g/mol. The van der Waals surface area contributed by atoms with Crippen LogP contribution in [-0.2, 0) is 24.2 Å². The Hall–Kier alpha value is -3.16. The van der Waals surface area contributed by atoms with Crippen LogP contribution in [0.4, 0.5) is 5.00 Å². The number of aryl methyl sites for hydroxylation is 1. The third-order valence-corrected chi connectivity index (χ3v) is 8.39. The molecule has 7 heteroatoms. The fourth-order valence-corrected chi connectivity index (χ4v) is 6.33. The fourth-order valence-electron chi connectivity index (χ4n) is 4.68. The van der Waals surface area contributed by atoms with E-state index in [2.05, 4.69) is 40.2 Å². The lowest BCUT2D eigenvalue weighted by atomic mass is 9.95. The van der Waals surface area contributed by atoms with Gasteiger partial charge in [0.2, 0.25) is 0 Å². The zero-order chi connectivity index (χ0) is 25.8. The van der Waals surface area contributed by atoms with E-state index in [1.807, 2.05) is 37.3 Å². The minimum absolute atomic E-state index is 0.289. The third-order valence-electron chi connectivity index (χ3n) is 6.50. The number of carbonyl (C=O) groups excluding carboxylic acids is 1. The number of halogens is 1. The van der Waals surface area contributed by atoms with E-state index in [0.717, 1.165) is 46.8 Å². The first-order chi connectivity index (χ1) is 18.1. The van der Waals surface area contributed by atoms with Gasteiger partial charge >= 0.3 is 5.97 Å². The molecule has 0 saturated heterocycles. The van der Waals surface area contributed by atoms with Gasteiger partial charge in [-0.05, 0) is 82.6 Å². The zero-order valence-corrected chi connectivity index (χ0v) is 23.3. The van der Waals surface area contributed by atoms with Crippen molar-refractivity contribution in [1.82, 2.24) is 0 Å². The van der Waals surface area contributed by atoms with E-state index in [-0.39, 0.29) is 5.97 Å². The Bertz CT molecular complexity index is 1470. The molecule has 1 aliphatic rings. The molecule has 1 aromatic heterocycles. The molecule has 4 aromatic rings. The van der Waals surface area contributed by atoms with Crippen molar-refractivity contribution in [2.45, 2.75) is 39.2 Å². The molecule has 0 spiro atoms. The second kappa shape index (κ2) is 11.5. The molecule has 0 saturated carbocycles. The Morgan fingerprint density at radius 3 is 2.73 bits per heavy atom. The minimum Gasteiger partial charge on any atom is -0.493 e. The molecule has 1 heterocycles. The van der Waals surface area contributed by atoms with Gasteiger partial charge in [0.1, 0.15) is 11.6 Å². The molecule has 0 unspecified atom stereocenters. The second-order valence-electron chi connectivity index (χ2n) is 8.82. The van der Waals surface area contributed by atoms with Crippen molar-refractivity contribution in [3.05, 3.63) is 86.2 Å². The van der Waals surface area contributed by atoms with Crippen LogP contribution in [0.1, 0.15) is 51.7 Å². The van der Waals surface area contributed by atoms with Crippen LogP contribution >= 0.6 is 27.3 Å². The van der Waals surface area contributed by atoms with Crippen molar-refractivity contribution < 1.29 is 19.0 Å². The summed E-state index contributed by atoms with van der Waals surface area (Å²) in [4.78, 5) is 18.7. The minimum atomic E-state index is -0.289. The van der Waals surface area contributed by atoms with Crippen LogP contribution in [0.3, 0.4) is 0 Å². The Morgan fingerprint density at radius 2 is 1.89 bits per heavy atom. The smallest absolute Gasteiger partial charge is 0.341 e. The first kappa shape index (κ1) is 25.5. The zero-order valence-electron chi connectivity index (χ0n) is 20.9. The summed E-state index contributed by atoms with van der Waals surface area (Å²) in [6.45, 7) is 2.59. The van der Waals surface area contributed by atoms with Gasteiger partial charge in [-0.2, -0.15) is 0 Å². The van der Waals surface area contributed by atoms with Crippen molar-refractivity contribution >= 4 is 55.2 Å². The van der Waals surface area contributed by atoms with Crippen LogP contribution in [0.25, 0.3) is 10.8 Å². The van der Waals surface area contributed by atoms with Crippen LogP contribution in [0.2, 0.25) is 0 Å². The highest BCUT2D eigenvalue weighted by Crippen LogP contribution is 2.41. The summed E-state index contributed by atoms with van der Waals surface area (Å²) in [6, 6.07) is 18.3. The number of aliphatic imine (C=N–C) groups is 1. The number of benzene rings is 3. The third kappa shape index (κ3) is 5.43. The summed E-state index contributed by atoms with van der Waals surface area (Å²) in [5.41, 5.74) is 3.66. The van der Waals surface area contributed by atoms with E-state index in [4.69, 9.17) is 19.2 Å². The normalized spacial score (nSPS) is 13.1. The Labute approximate surface area is 229 Å². The van der Waals surface area contributed by atoms with Crippen molar-refractivity contribution in [3.63, 3.8) is 0 Å². The predicted octanol–water partition coefficient (Wildman–Crippen LogP) is 8.06. The van der Waals surface area contributed by atoms with E-state index in [9.17, 15) is 4.79 Å². The van der Waals surface area contributed by atoms with Crippen molar-refractivity contribution in [3.8, 4) is 11.5 Å². The molecule has 5 rings (SSSR count). The van der Waals surface area contributed by atoms with Crippen molar-refractivity contribution in [2.75, 3.05) is 13.7 Å². The number of carbonyl (C=O) groups is 1. The van der Waals surface area contributed by atoms with Crippen molar-refractivity contribution in [1.29, 1.82) is 0 Å². The van der Waals surface area contributed by atoms with Gasteiger partial charge in [-0.15, -0.1) is 11.3 Å². The van der Waals surface area contributed by atoms with Gasteiger partial charge < -0.3 is 14.2 Å². The van der Waals surface area contributed by atoms with Gasteiger partial charge in [0.25, 0.3) is 0 Å². The molecule has 190 valence electrons. The molecule has 5 nitrogen and oxygen atoms in total. The summed E-state index contributed by atoms with van der Waals surface area (Å²) in [6.07, 6.45) is 5.88. The summed E-state index contributed by atoms with van der Waals surface area (Å²) in [5.74, 6) is 0.960. The molecule has 1 aliphatic carbocycles. The number of ether oxygens (including phenoxy) is 3. The van der Waals surface area contributed by atoms with Gasteiger partial charge in [-0.3, -0.25) is 0 Å². The molecule has 37 heavy (non-hydrogen) atoms. The van der Waals surface area contributed by atoms with Crippen LogP contribution in [-0.4, -0.2) is 25.9 Å². The molecule has 0 atom stereocenters. The van der Waals surface area contributed by atoms with Gasteiger partial charge in [0, 0.05) is 21.1 Å². The van der Waals surface area contributed by atoms with Gasteiger partial charge in [0.15, 0.2) is 11.5 Å². The van der Waals surface area contributed by atoms with Gasteiger partial charge in [0.05, 0.1) is 19.3 Å². The molecular formula is C30H28BrNO4S. The lowest BCUT2D eigenvalue weighted by molar-refractivity contribution is 0.0526. The number of hydrogen-bond donors (Lipinski definition) is 0. The Kier molecular flexibility index (Phi) is 7.91. The molecule has 0 amide bonds. The van der Waals surface area contributed by atoms with E-state index in [0.29, 0.717) is 35.3 Å². The standard InChI is InChI=1S/C30H28BrNO4S/c1-3-35-30(33)28-23-13-6-7-14-27(23)37-29(28)32-17-21-15-25(34-2)26(16-24(21)31)36-18-20-11-8-10-19-9-4-5-12-22(19)20/h4-5,8-12,15-17H,3,6-7,13-14,18H2,1-2H3. The number of fused-ring (bicyclic) bond motifs is 2. The van der Waals surface area contributed by atoms with E-state index in [1.165, 1.54) is 15.6 Å². The monoisotopic (exact) mass is 577 g/mol. The van der Waals surface area contributed by atoms with Crippen molar-refractivity contribution in [2.24, 2.45) is 4.99 Å². The lowest BCUT2D eigenvalue weighted by Gasteiger charge is -2.14. The Morgan fingerprint density at radius 1 is 1.08 bits per heavy atom. The van der Waals surface area contributed by atoms with Crippen LogP contribution < -0.4 is 9.47 Å². The Balaban J connectivity index is 1.41. The van der Waals surface area contributed by atoms with E-state index >= 15 is 0 Å². The van der Waals surface area contributed by atoms with Gasteiger partial charge in [-0.25, -0.2) is 9.79 Å². The van der Waals surface area contributed by atoms with E-state index in [1.54, 1.807) is 24.7 Å². The topological polar surface area (TPSA) is 57.1 Å². The first-order valence-electron chi connectivity index (χ1n) is 12.4. The maximum absolute atomic E-state index is 12.8. The fraction of sp³-hybridized carbons (Fsp3) is 0.267. The molecule has 0 N–H and O–H groups in total. The number of esters is 1. The van der Waals surface area contributed by atoms with Crippen LogP contribution in [0, 0.1) is 0 Å². The number of thiophene rings is 1. The average molecular weight is 579 g/mol. The van der Waals surface area contributed by atoms with E-state index < -0.39 is 0 Å². The number of methoxy groups -OCH3 is 1. The highest BCUT2D eigenvalue weighted by molar-refractivity contribution is 9.10. The lowest BCUT2D eigenvalue weighted by Crippen LogP contribution is -2.09. The quantitative estimate of drug-likeness (QED) is 0.157. The highest BCUT2D eigenvalue weighted by Gasteiger charge is 2.26.